The minimum atomic E-state index is -3.86. The first-order valence-corrected chi connectivity index (χ1v) is 12.0. The summed E-state index contributed by atoms with van der Waals surface area (Å²) in [5, 5.41) is 2.34. The highest BCUT2D eigenvalue weighted by Crippen LogP contribution is 2.53. The van der Waals surface area contributed by atoms with Gasteiger partial charge < -0.3 is 19.1 Å². The maximum absolute atomic E-state index is 13.1. The minimum Gasteiger partial charge on any atom is -0.445 e. The van der Waals surface area contributed by atoms with Crippen LogP contribution in [0.2, 0.25) is 0 Å². The molecule has 0 aliphatic carbocycles. The van der Waals surface area contributed by atoms with Gasteiger partial charge in [0, 0.05) is 15.6 Å². The third-order valence-electron chi connectivity index (χ3n) is 3.20. The SMILES string of the molecule is CCOP(=O)(OCC)C(CC(=O)c1ccc(I)cc1)NC(=O)OCC(Cl)(Cl)Cl. The molecule has 0 fully saturated rings. The molecule has 0 spiro atoms. The molecule has 1 atom stereocenters. The fraction of sp³-hybridized carbons (Fsp3) is 0.500. The van der Waals surface area contributed by atoms with Crippen LogP contribution >= 0.6 is 65.0 Å². The predicted molar refractivity (Wildman–Crippen MR) is 118 cm³/mol. The largest absolute Gasteiger partial charge is 0.445 e. The molecular formula is C16H20Cl3INO6P. The lowest BCUT2D eigenvalue weighted by molar-refractivity contribution is 0.0965. The average Bonchev–Trinajstić information content (AvgIpc) is 2.59. The Hall–Kier alpha value is -0.0900. The van der Waals surface area contributed by atoms with Crippen LogP contribution in [0.4, 0.5) is 4.79 Å². The number of hydrogen-bond donors (Lipinski definition) is 1. The Morgan fingerprint density at radius 3 is 2.14 bits per heavy atom. The van der Waals surface area contributed by atoms with Gasteiger partial charge >= 0.3 is 13.7 Å². The van der Waals surface area contributed by atoms with E-state index < -0.39 is 29.9 Å². The molecule has 0 aliphatic heterocycles. The van der Waals surface area contributed by atoms with Crippen LogP contribution in [0.5, 0.6) is 0 Å². The van der Waals surface area contributed by atoms with E-state index in [1.807, 2.05) is 0 Å². The van der Waals surface area contributed by atoms with E-state index in [1.54, 1.807) is 38.1 Å². The van der Waals surface area contributed by atoms with Gasteiger partial charge in [-0.25, -0.2) is 4.79 Å². The van der Waals surface area contributed by atoms with Gasteiger partial charge in [-0.05, 0) is 48.6 Å². The second kappa shape index (κ2) is 11.9. The van der Waals surface area contributed by atoms with Crippen molar-refractivity contribution in [3.63, 3.8) is 0 Å². The van der Waals surface area contributed by atoms with E-state index in [9.17, 15) is 14.2 Å². The minimum absolute atomic E-state index is 0.0520. The zero-order valence-electron chi connectivity index (χ0n) is 15.1. The molecule has 1 unspecified atom stereocenters. The normalized spacial score (nSPS) is 13.1. The smallest absolute Gasteiger partial charge is 0.408 e. The van der Waals surface area contributed by atoms with Gasteiger partial charge in [0.1, 0.15) is 12.4 Å². The fourth-order valence-electron chi connectivity index (χ4n) is 2.07. The van der Waals surface area contributed by atoms with Crippen LogP contribution in [0.1, 0.15) is 30.6 Å². The molecule has 1 N–H and O–H groups in total. The van der Waals surface area contributed by atoms with Gasteiger partial charge in [-0.3, -0.25) is 9.36 Å². The number of Topliss-reactive ketones (excluding diaryl/α,β-unsaturated/α-hetero) is 1. The van der Waals surface area contributed by atoms with E-state index in [0.29, 0.717) is 5.56 Å². The van der Waals surface area contributed by atoms with Crippen LogP contribution in [-0.4, -0.2) is 41.3 Å². The summed E-state index contributed by atoms with van der Waals surface area (Å²) in [4.78, 5) is 24.7. The summed E-state index contributed by atoms with van der Waals surface area (Å²) in [5.41, 5.74) is 0.390. The van der Waals surface area contributed by atoms with Gasteiger partial charge in [0.2, 0.25) is 3.79 Å². The maximum Gasteiger partial charge on any atom is 0.408 e. The van der Waals surface area contributed by atoms with E-state index in [-0.39, 0.29) is 25.4 Å². The molecule has 1 rings (SSSR count). The molecule has 0 saturated heterocycles. The standard InChI is InChI=1S/C16H20Cl3INO6P/c1-3-26-28(24,27-4-2)14(21-15(23)25-10-16(17,18)19)9-13(22)11-5-7-12(20)8-6-11/h5-8,14H,3-4,9-10H2,1-2H3,(H,21,23). The zero-order valence-corrected chi connectivity index (χ0v) is 20.4. The van der Waals surface area contributed by atoms with E-state index >= 15 is 0 Å². The fourth-order valence-corrected chi connectivity index (χ4v) is 4.40. The molecule has 7 nitrogen and oxygen atoms in total. The van der Waals surface area contributed by atoms with Gasteiger partial charge in [-0.15, -0.1) is 0 Å². The molecule has 1 amide bonds. The summed E-state index contributed by atoms with van der Waals surface area (Å²) in [5.74, 6) is -1.63. The Kier molecular flexibility index (Phi) is 11.1. The highest BCUT2D eigenvalue weighted by Gasteiger charge is 2.39. The maximum atomic E-state index is 13.1. The number of amides is 1. The van der Waals surface area contributed by atoms with Gasteiger partial charge in [-0.2, -0.15) is 0 Å². The lowest BCUT2D eigenvalue weighted by Gasteiger charge is -2.26. The number of hydrogen-bond acceptors (Lipinski definition) is 6. The van der Waals surface area contributed by atoms with Crippen LogP contribution in [-0.2, 0) is 18.3 Å². The monoisotopic (exact) mass is 585 g/mol. The second-order valence-corrected chi connectivity index (χ2v) is 11.3. The average molecular weight is 587 g/mol. The predicted octanol–water partition coefficient (Wildman–Crippen LogP) is 5.55. The van der Waals surface area contributed by atoms with Crippen LogP contribution in [0, 0.1) is 3.57 Å². The number of halogens is 4. The first-order chi connectivity index (χ1) is 13.0. The number of nitrogens with one attached hydrogen (secondary N) is 1. The second-order valence-electron chi connectivity index (χ2n) is 5.36. The lowest BCUT2D eigenvalue weighted by atomic mass is 10.1. The zero-order chi connectivity index (χ0) is 21.4. The molecule has 1 aromatic carbocycles. The van der Waals surface area contributed by atoms with E-state index in [1.165, 1.54) is 0 Å². The summed E-state index contributed by atoms with van der Waals surface area (Å²) >= 11 is 18.8. The van der Waals surface area contributed by atoms with Gasteiger partial charge in [0.25, 0.3) is 0 Å². The Labute approximate surface area is 192 Å². The van der Waals surface area contributed by atoms with Crippen molar-refractivity contribution in [3.05, 3.63) is 33.4 Å². The number of alkyl halides is 3. The summed E-state index contributed by atoms with van der Waals surface area (Å²) in [7, 11) is -3.86. The van der Waals surface area contributed by atoms with E-state index in [0.717, 1.165) is 3.57 Å². The molecule has 0 aliphatic rings. The number of rotatable bonds is 10. The lowest BCUT2D eigenvalue weighted by Crippen LogP contribution is -2.39. The molecule has 158 valence electrons. The summed E-state index contributed by atoms with van der Waals surface area (Å²) in [6, 6.07) is 6.79. The van der Waals surface area contributed by atoms with Crippen molar-refractivity contribution < 1.29 is 27.9 Å². The number of ketones is 1. The topological polar surface area (TPSA) is 90.9 Å². The van der Waals surface area contributed by atoms with Crippen molar-refractivity contribution in [2.24, 2.45) is 0 Å². The summed E-state index contributed by atoms with van der Waals surface area (Å²) in [6.07, 6.45) is -1.35. The van der Waals surface area contributed by atoms with E-state index in [4.69, 9.17) is 48.6 Å². The third-order valence-corrected chi connectivity index (χ3v) is 6.55. The molecule has 1 aromatic rings. The van der Waals surface area contributed by atoms with Crippen LogP contribution in [0.25, 0.3) is 0 Å². The Morgan fingerprint density at radius 2 is 1.68 bits per heavy atom. The number of benzene rings is 1. The van der Waals surface area contributed by atoms with Crippen molar-refractivity contribution >= 4 is 76.9 Å². The van der Waals surface area contributed by atoms with Crippen molar-refractivity contribution in [2.45, 2.75) is 29.8 Å². The highest BCUT2D eigenvalue weighted by atomic mass is 127. The van der Waals surface area contributed by atoms with Crippen LogP contribution in [0.15, 0.2) is 24.3 Å². The third kappa shape index (κ3) is 9.15. The molecule has 28 heavy (non-hydrogen) atoms. The van der Waals surface area contributed by atoms with Crippen molar-refractivity contribution in [3.8, 4) is 0 Å². The van der Waals surface area contributed by atoms with Crippen LogP contribution < -0.4 is 5.32 Å². The number of ether oxygens (including phenoxy) is 1. The molecule has 0 radical (unpaired) electrons. The van der Waals surface area contributed by atoms with Crippen LogP contribution in [0.3, 0.4) is 0 Å². The van der Waals surface area contributed by atoms with Crippen molar-refractivity contribution in [1.82, 2.24) is 5.32 Å². The molecule has 0 bridgehead atoms. The summed E-state index contributed by atoms with van der Waals surface area (Å²) in [6.45, 7) is 2.80. The van der Waals surface area contributed by atoms with Gasteiger partial charge in [0.15, 0.2) is 5.78 Å². The molecule has 0 aromatic heterocycles. The van der Waals surface area contributed by atoms with Crippen molar-refractivity contribution in [2.75, 3.05) is 19.8 Å². The Bertz CT molecular complexity index is 703. The number of carbonyl (C=O) groups is 2. The van der Waals surface area contributed by atoms with Gasteiger partial charge in [0.05, 0.1) is 13.2 Å². The quantitative estimate of drug-likeness (QED) is 0.167. The first-order valence-electron chi connectivity index (χ1n) is 8.18. The Balaban J connectivity index is 3.02. The number of alkyl carbamates (subject to hydrolysis) is 1. The molecule has 0 heterocycles. The van der Waals surface area contributed by atoms with Gasteiger partial charge in [-0.1, -0.05) is 46.9 Å². The summed E-state index contributed by atoms with van der Waals surface area (Å²) < 4.78 is 27.6. The number of carbonyl (C=O) groups excluding carboxylic acids is 2. The molecule has 0 saturated carbocycles. The van der Waals surface area contributed by atoms with E-state index in [2.05, 4.69) is 27.9 Å². The molecular weight excluding hydrogens is 566 g/mol. The Morgan fingerprint density at radius 1 is 1.14 bits per heavy atom. The van der Waals surface area contributed by atoms with Crippen molar-refractivity contribution in [1.29, 1.82) is 0 Å². The highest BCUT2D eigenvalue weighted by molar-refractivity contribution is 14.1. The first kappa shape index (κ1) is 25.9. The molecule has 12 heteroatoms.